The van der Waals surface area contributed by atoms with Crippen molar-refractivity contribution in [1.29, 1.82) is 0 Å². The molecule has 5 heteroatoms. The Bertz CT molecular complexity index is 312. The maximum atomic E-state index is 12.0. The summed E-state index contributed by atoms with van der Waals surface area (Å²) in [7, 11) is 0. The molecule has 4 nitrogen and oxygen atoms in total. The van der Waals surface area contributed by atoms with Crippen LogP contribution in [0.3, 0.4) is 0 Å². The molecule has 0 aromatic rings. The van der Waals surface area contributed by atoms with Gasteiger partial charge in [0, 0.05) is 13.1 Å². The summed E-state index contributed by atoms with van der Waals surface area (Å²) in [6, 6.07) is 0. The molecular formula is C14H25NO3S. The second-order valence-electron chi connectivity index (χ2n) is 5.23. The van der Waals surface area contributed by atoms with Crippen molar-refractivity contribution >= 4 is 23.6 Å². The number of nitrogens with zero attached hydrogens (tertiary/aromatic N) is 1. The van der Waals surface area contributed by atoms with Gasteiger partial charge >= 0.3 is 5.97 Å². The Morgan fingerprint density at radius 1 is 1.26 bits per heavy atom. The van der Waals surface area contributed by atoms with Gasteiger partial charge in [0.25, 0.3) is 0 Å². The maximum absolute atomic E-state index is 12.0. The van der Waals surface area contributed by atoms with Crippen LogP contribution in [0.2, 0.25) is 0 Å². The first-order chi connectivity index (χ1) is 9.05. The van der Waals surface area contributed by atoms with Crippen molar-refractivity contribution in [2.45, 2.75) is 46.0 Å². The van der Waals surface area contributed by atoms with E-state index in [9.17, 15) is 14.7 Å². The maximum Gasteiger partial charge on any atom is 0.309 e. The molecule has 1 fully saturated rings. The van der Waals surface area contributed by atoms with Gasteiger partial charge in [0.1, 0.15) is 0 Å². The van der Waals surface area contributed by atoms with Gasteiger partial charge in [-0.05, 0) is 31.4 Å². The molecule has 0 aromatic carbocycles. The highest BCUT2D eigenvalue weighted by Gasteiger charge is 2.40. The Morgan fingerprint density at radius 3 is 2.37 bits per heavy atom. The molecule has 0 unspecified atom stereocenters. The molecule has 0 aliphatic carbocycles. The van der Waals surface area contributed by atoms with Crippen molar-refractivity contribution in [2.75, 3.05) is 24.6 Å². The van der Waals surface area contributed by atoms with Crippen molar-refractivity contribution in [3.05, 3.63) is 0 Å². The zero-order chi connectivity index (χ0) is 14.3. The van der Waals surface area contributed by atoms with Gasteiger partial charge in [-0.25, -0.2) is 0 Å². The number of carbonyl (C=O) groups is 2. The minimum Gasteiger partial charge on any atom is -0.481 e. The number of carbonyl (C=O) groups excluding carboxylic acids is 1. The van der Waals surface area contributed by atoms with Crippen LogP contribution in [0.4, 0.5) is 0 Å². The predicted octanol–water partition coefficient (Wildman–Crippen LogP) is 2.62. The highest BCUT2D eigenvalue weighted by Crippen LogP contribution is 2.35. The van der Waals surface area contributed by atoms with E-state index in [0.717, 1.165) is 18.6 Å². The van der Waals surface area contributed by atoms with Crippen LogP contribution >= 0.6 is 11.8 Å². The van der Waals surface area contributed by atoms with Crippen LogP contribution < -0.4 is 0 Å². The highest BCUT2D eigenvalue weighted by atomic mass is 32.2. The molecule has 1 amide bonds. The number of aliphatic carboxylic acids is 1. The quantitative estimate of drug-likeness (QED) is 0.731. The number of amides is 1. The number of hydrogen-bond acceptors (Lipinski definition) is 3. The number of rotatable bonds is 7. The van der Waals surface area contributed by atoms with E-state index >= 15 is 0 Å². The molecule has 0 bridgehead atoms. The SMILES string of the molecule is CCCCSCC(=O)N1CCC(CC)(C(=O)O)CC1. The summed E-state index contributed by atoms with van der Waals surface area (Å²) in [4.78, 5) is 25.1. The summed E-state index contributed by atoms with van der Waals surface area (Å²) in [6.07, 6.45) is 4.13. The number of unbranched alkanes of at least 4 members (excludes halogenated alkanes) is 1. The molecule has 0 spiro atoms. The number of thioether (sulfide) groups is 1. The first-order valence-electron chi connectivity index (χ1n) is 7.14. The van der Waals surface area contributed by atoms with E-state index in [-0.39, 0.29) is 5.91 Å². The predicted molar refractivity (Wildman–Crippen MR) is 78.4 cm³/mol. The van der Waals surface area contributed by atoms with E-state index in [0.29, 0.717) is 38.1 Å². The summed E-state index contributed by atoms with van der Waals surface area (Å²) >= 11 is 1.68. The molecule has 1 saturated heterocycles. The third kappa shape index (κ3) is 4.41. The minimum absolute atomic E-state index is 0.163. The molecular weight excluding hydrogens is 262 g/mol. The zero-order valence-electron chi connectivity index (χ0n) is 12.0. The van der Waals surface area contributed by atoms with Crippen molar-refractivity contribution in [2.24, 2.45) is 5.41 Å². The van der Waals surface area contributed by atoms with E-state index in [1.165, 1.54) is 0 Å². The van der Waals surface area contributed by atoms with E-state index in [4.69, 9.17) is 0 Å². The zero-order valence-corrected chi connectivity index (χ0v) is 12.8. The monoisotopic (exact) mass is 287 g/mol. The standard InChI is InChI=1S/C14H25NO3S/c1-3-5-10-19-11-12(16)15-8-6-14(4-2,7-9-15)13(17)18/h3-11H2,1-2H3,(H,17,18). The summed E-state index contributed by atoms with van der Waals surface area (Å²) < 4.78 is 0. The van der Waals surface area contributed by atoms with Crippen molar-refractivity contribution in [3.8, 4) is 0 Å². The van der Waals surface area contributed by atoms with Crippen LogP contribution in [0.5, 0.6) is 0 Å². The second kappa shape index (κ2) is 7.78. The molecule has 0 radical (unpaired) electrons. The molecule has 1 N–H and O–H groups in total. The van der Waals surface area contributed by atoms with Gasteiger partial charge in [-0.1, -0.05) is 20.3 Å². The first-order valence-corrected chi connectivity index (χ1v) is 8.30. The summed E-state index contributed by atoms with van der Waals surface area (Å²) in [6.45, 7) is 5.25. The van der Waals surface area contributed by atoms with Gasteiger partial charge in [0.15, 0.2) is 0 Å². The van der Waals surface area contributed by atoms with Crippen molar-refractivity contribution in [3.63, 3.8) is 0 Å². The third-order valence-electron chi connectivity index (χ3n) is 4.07. The average Bonchev–Trinajstić information content (AvgIpc) is 2.43. The molecule has 0 saturated carbocycles. The number of likely N-dealkylation sites (tertiary alicyclic amines) is 1. The van der Waals surface area contributed by atoms with Gasteiger partial charge in [-0.2, -0.15) is 11.8 Å². The van der Waals surface area contributed by atoms with Gasteiger partial charge in [-0.3, -0.25) is 9.59 Å². The van der Waals surface area contributed by atoms with Crippen molar-refractivity contribution in [1.82, 2.24) is 4.90 Å². The lowest BCUT2D eigenvalue weighted by Crippen LogP contribution is -2.46. The summed E-state index contributed by atoms with van der Waals surface area (Å²) in [5.74, 6) is 1.02. The topological polar surface area (TPSA) is 57.6 Å². The van der Waals surface area contributed by atoms with Gasteiger partial charge in [-0.15, -0.1) is 0 Å². The van der Waals surface area contributed by atoms with Gasteiger partial charge < -0.3 is 10.0 Å². The second-order valence-corrected chi connectivity index (χ2v) is 6.33. The largest absolute Gasteiger partial charge is 0.481 e. The van der Waals surface area contributed by atoms with E-state index in [1.807, 2.05) is 11.8 Å². The number of hydrogen-bond donors (Lipinski definition) is 1. The fourth-order valence-corrected chi connectivity index (χ4v) is 3.39. The van der Waals surface area contributed by atoms with E-state index in [2.05, 4.69) is 6.92 Å². The molecule has 19 heavy (non-hydrogen) atoms. The van der Waals surface area contributed by atoms with Crippen LogP contribution in [-0.4, -0.2) is 46.5 Å². The van der Waals surface area contributed by atoms with Crippen LogP contribution in [0.25, 0.3) is 0 Å². The Hall–Kier alpha value is -0.710. The fraction of sp³-hybridized carbons (Fsp3) is 0.857. The van der Waals surface area contributed by atoms with Crippen LogP contribution in [0, 0.1) is 5.41 Å². The highest BCUT2D eigenvalue weighted by molar-refractivity contribution is 7.99. The Balaban J connectivity index is 2.36. The molecule has 1 aliphatic heterocycles. The Kier molecular flexibility index (Phi) is 6.69. The third-order valence-corrected chi connectivity index (χ3v) is 5.10. The Labute approximate surface area is 119 Å². The molecule has 1 heterocycles. The number of carboxylic acid groups (broad SMARTS) is 1. The van der Waals surface area contributed by atoms with Gasteiger partial charge in [0.05, 0.1) is 11.2 Å². The minimum atomic E-state index is -0.709. The Morgan fingerprint density at radius 2 is 1.89 bits per heavy atom. The normalized spacial score (nSPS) is 18.3. The summed E-state index contributed by atoms with van der Waals surface area (Å²) in [5.41, 5.74) is -0.605. The van der Waals surface area contributed by atoms with Crippen LogP contribution in [-0.2, 0) is 9.59 Å². The van der Waals surface area contributed by atoms with Crippen molar-refractivity contribution < 1.29 is 14.7 Å². The summed E-state index contributed by atoms with van der Waals surface area (Å²) in [5, 5.41) is 9.31. The molecule has 0 aromatic heterocycles. The lowest BCUT2D eigenvalue weighted by molar-refractivity contribution is -0.154. The molecule has 1 aliphatic rings. The average molecular weight is 287 g/mol. The lowest BCUT2D eigenvalue weighted by Gasteiger charge is -2.38. The number of carboxylic acids is 1. The first kappa shape index (κ1) is 16.3. The van der Waals surface area contributed by atoms with Crippen LogP contribution in [0.15, 0.2) is 0 Å². The number of piperidine rings is 1. The fourth-order valence-electron chi connectivity index (χ4n) is 2.40. The molecule has 110 valence electrons. The molecule has 0 atom stereocenters. The smallest absolute Gasteiger partial charge is 0.309 e. The van der Waals surface area contributed by atoms with E-state index in [1.54, 1.807) is 11.8 Å². The molecule has 1 rings (SSSR count). The van der Waals surface area contributed by atoms with E-state index < -0.39 is 11.4 Å². The van der Waals surface area contributed by atoms with Crippen LogP contribution in [0.1, 0.15) is 46.0 Å². The van der Waals surface area contributed by atoms with Gasteiger partial charge in [0.2, 0.25) is 5.91 Å². The lowest BCUT2D eigenvalue weighted by atomic mass is 9.76.